The second-order valence-corrected chi connectivity index (χ2v) is 4.16. The number of carbonyl (C=O) groups excluding carboxylic acids is 1. The number of amides is 1. The van der Waals surface area contributed by atoms with E-state index in [0.29, 0.717) is 11.3 Å². The number of furan rings is 1. The van der Waals surface area contributed by atoms with E-state index in [-0.39, 0.29) is 6.61 Å². The Morgan fingerprint density at radius 1 is 1.45 bits per heavy atom. The van der Waals surface area contributed by atoms with Crippen LogP contribution in [0.25, 0.3) is 0 Å². The zero-order chi connectivity index (χ0) is 14.4. The molecule has 0 atom stereocenters. The van der Waals surface area contributed by atoms with Crippen LogP contribution in [0.5, 0.6) is 5.75 Å². The molecule has 0 bridgehead atoms. The molecule has 0 spiro atoms. The molecular formula is C15H16N2O3. The Labute approximate surface area is 117 Å². The van der Waals surface area contributed by atoms with Gasteiger partial charge >= 0.3 is 0 Å². The number of nitrogens with two attached hydrogens (primary N) is 1. The quantitative estimate of drug-likeness (QED) is 0.366. The number of hydrogen-bond acceptors (Lipinski definition) is 4. The summed E-state index contributed by atoms with van der Waals surface area (Å²) in [6, 6.07) is 9.31. The fraction of sp³-hybridized carbons (Fsp3) is 0.133. The Hall–Kier alpha value is -2.53. The lowest BCUT2D eigenvalue weighted by atomic mass is 10.1. The minimum Gasteiger partial charge on any atom is -0.485 e. The van der Waals surface area contributed by atoms with Crippen molar-refractivity contribution < 1.29 is 13.9 Å². The van der Waals surface area contributed by atoms with Crippen molar-refractivity contribution in [2.75, 3.05) is 0 Å². The summed E-state index contributed by atoms with van der Waals surface area (Å²) in [5.74, 6) is 5.98. The number of carbonyl (C=O) groups is 1. The molecule has 0 unspecified atom stereocenters. The molecule has 0 aliphatic heterocycles. The SMILES string of the molecule is C=CCc1ccccc1OCc1cc(C(=O)NN)co1. The van der Waals surface area contributed by atoms with E-state index in [0.717, 1.165) is 17.7 Å². The van der Waals surface area contributed by atoms with Crippen LogP contribution in [0, 0.1) is 0 Å². The lowest BCUT2D eigenvalue weighted by Crippen LogP contribution is -2.29. The lowest BCUT2D eigenvalue weighted by molar-refractivity contribution is 0.0953. The molecule has 0 saturated heterocycles. The number of hydrazine groups is 1. The molecule has 1 heterocycles. The van der Waals surface area contributed by atoms with Crippen LogP contribution in [-0.2, 0) is 13.0 Å². The third-order valence-corrected chi connectivity index (χ3v) is 2.75. The molecular weight excluding hydrogens is 256 g/mol. The van der Waals surface area contributed by atoms with Gasteiger partial charge in [0.25, 0.3) is 5.91 Å². The number of benzene rings is 1. The summed E-state index contributed by atoms with van der Waals surface area (Å²) in [7, 11) is 0. The zero-order valence-electron chi connectivity index (χ0n) is 11.0. The Balaban J connectivity index is 2.03. The molecule has 0 aliphatic carbocycles. The van der Waals surface area contributed by atoms with Crippen molar-refractivity contribution >= 4 is 5.91 Å². The molecule has 0 saturated carbocycles. The largest absolute Gasteiger partial charge is 0.485 e. The molecule has 3 N–H and O–H groups in total. The van der Waals surface area contributed by atoms with Crippen molar-refractivity contribution in [1.82, 2.24) is 5.43 Å². The summed E-state index contributed by atoms with van der Waals surface area (Å²) in [6.07, 6.45) is 3.89. The van der Waals surface area contributed by atoms with E-state index < -0.39 is 5.91 Å². The minimum atomic E-state index is -0.396. The first-order valence-electron chi connectivity index (χ1n) is 6.14. The first-order chi connectivity index (χ1) is 9.74. The molecule has 5 heteroatoms. The standard InChI is InChI=1S/C15H16N2O3/c1-2-5-11-6-3-4-7-14(11)20-10-13-8-12(9-19-13)15(18)17-16/h2-4,6-9H,1,5,10,16H2,(H,17,18). The number of hydrogen-bond donors (Lipinski definition) is 2. The molecule has 0 radical (unpaired) electrons. The minimum absolute atomic E-state index is 0.242. The fourth-order valence-electron chi connectivity index (χ4n) is 1.78. The molecule has 0 fully saturated rings. The Morgan fingerprint density at radius 2 is 2.25 bits per heavy atom. The van der Waals surface area contributed by atoms with Gasteiger partial charge in [0.2, 0.25) is 0 Å². The molecule has 2 aromatic rings. The molecule has 20 heavy (non-hydrogen) atoms. The average molecular weight is 272 g/mol. The average Bonchev–Trinajstić information content (AvgIpc) is 2.95. The van der Waals surface area contributed by atoms with Gasteiger partial charge in [0.15, 0.2) is 0 Å². The number of nitrogen functional groups attached to an aromatic ring is 1. The maximum atomic E-state index is 11.3. The van der Waals surface area contributed by atoms with Gasteiger partial charge in [0, 0.05) is 0 Å². The second kappa shape index (κ2) is 6.58. The summed E-state index contributed by atoms with van der Waals surface area (Å²) in [6.45, 7) is 3.96. The van der Waals surface area contributed by atoms with Crippen molar-refractivity contribution in [2.24, 2.45) is 5.84 Å². The summed E-state index contributed by atoms with van der Waals surface area (Å²) < 4.78 is 10.9. The number of ether oxygens (including phenoxy) is 1. The van der Waals surface area contributed by atoms with Gasteiger partial charge in [0.1, 0.15) is 24.4 Å². The van der Waals surface area contributed by atoms with Crippen molar-refractivity contribution in [3.05, 3.63) is 66.1 Å². The second-order valence-electron chi connectivity index (χ2n) is 4.16. The topological polar surface area (TPSA) is 77.5 Å². The van der Waals surface area contributed by atoms with E-state index in [4.69, 9.17) is 15.0 Å². The predicted molar refractivity (Wildman–Crippen MR) is 75.0 cm³/mol. The van der Waals surface area contributed by atoms with Crippen LogP contribution in [0.2, 0.25) is 0 Å². The van der Waals surface area contributed by atoms with Crippen molar-refractivity contribution in [3.63, 3.8) is 0 Å². The summed E-state index contributed by atoms with van der Waals surface area (Å²) in [5, 5.41) is 0. The van der Waals surface area contributed by atoms with E-state index in [1.807, 2.05) is 35.8 Å². The fourth-order valence-corrected chi connectivity index (χ4v) is 1.78. The molecule has 0 aliphatic rings. The number of allylic oxidation sites excluding steroid dienone is 1. The van der Waals surface area contributed by atoms with Crippen molar-refractivity contribution in [1.29, 1.82) is 0 Å². The summed E-state index contributed by atoms with van der Waals surface area (Å²) in [4.78, 5) is 11.3. The lowest BCUT2D eigenvalue weighted by Gasteiger charge is -2.08. The van der Waals surface area contributed by atoms with E-state index >= 15 is 0 Å². The number of rotatable bonds is 6. The van der Waals surface area contributed by atoms with Crippen LogP contribution in [-0.4, -0.2) is 5.91 Å². The Bertz CT molecular complexity index is 605. The van der Waals surface area contributed by atoms with Crippen LogP contribution in [0.15, 0.2) is 53.7 Å². The smallest absolute Gasteiger partial charge is 0.268 e. The third kappa shape index (κ3) is 3.27. The molecule has 1 amide bonds. The molecule has 1 aromatic carbocycles. The normalized spacial score (nSPS) is 10.1. The van der Waals surface area contributed by atoms with Crippen LogP contribution >= 0.6 is 0 Å². The highest BCUT2D eigenvalue weighted by molar-refractivity contribution is 5.93. The summed E-state index contributed by atoms with van der Waals surface area (Å²) >= 11 is 0. The van der Waals surface area contributed by atoms with Gasteiger partial charge < -0.3 is 9.15 Å². The highest BCUT2D eigenvalue weighted by atomic mass is 16.5. The highest BCUT2D eigenvalue weighted by Crippen LogP contribution is 2.20. The van der Waals surface area contributed by atoms with E-state index in [1.165, 1.54) is 6.26 Å². The summed E-state index contributed by atoms with van der Waals surface area (Å²) in [5.41, 5.74) is 3.46. The van der Waals surface area contributed by atoms with Gasteiger partial charge in [-0.05, 0) is 24.1 Å². The van der Waals surface area contributed by atoms with E-state index in [9.17, 15) is 4.79 Å². The van der Waals surface area contributed by atoms with Crippen LogP contribution in [0.1, 0.15) is 21.7 Å². The van der Waals surface area contributed by atoms with Gasteiger partial charge in [-0.3, -0.25) is 10.2 Å². The van der Waals surface area contributed by atoms with Gasteiger partial charge in [0.05, 0.1) is 5.56 Å². The van der Waals surface area contributed by atoms with Crippen molar-refractivity contribution in [3.8, 4) is 5.75 Å². The number of nitrogens with one attached hydrogen (secondary N) is 1. The zero-order valence-corrected chi connectivity index (χ0v) is 11.0. The molecule has 104 valence electrons. The Morgan fingerprint density at radius 3 is 3.00 bits per heavy atom. The predicted octanol–water partition coefficient (Wildman–Crippen LogP) is 2.19. The van der Waals surface area contributed by atoms with Gasteiger partial charge in [-0.1, -0.05) is 24.3 Å². The molecule has 5 nitrogen and oxygen atoms in total. The van der Waals surface area contributed by atoms with Gasteiger partial charge in [-0.25, -0.2) is 5.84 Å². The third-order valence-electron chi connectivity index (χ3n) is 2.75. The van der Waals surface area contributed by atoms with Gasteiger partial charge in [-0.2, -0.15) is 0 Å². The van der Waals surface area contributed by atoms with Crippen LogP contribution < -0.4 is 16.0 Å². The van der Waals surface area contributed by atoms with E-state index in [1.54, 1.807) is 6.07 Å². The van der Waals surface area contributed by atoms with Crippen molar-refractivity contribution in [2.45, 2.75) is 13.0 Å². The van der Waals surface area contributed by atoms with Gasteiger partial charge in [-0.15, -0.1) is 6.58 Å². The first-order valence-corrected chi connectivity index (χ1v) is 6.14. The van der Waals surface area contributed by atoms with E-state index in [2.05, 4.69) is 6.58 Å². The molecule has 1 aromatic heterocycles. The highest BCUT2D eigenvalue weighted by Gasteiger charge is 2.09. The molecule has 2 rings (SSSR count). The Kier molecular flexibility index (Phi) is 4.57. The number of para-hydroxylation sites is 1. The maximum absolute atomic E-state index is 11.3. The monoisotopic (exact) mass is 272 g/mol. The van der Waals surface area contributed by atoms with Crippen LogP contribution in [0.4, 0.5) is 0 Å². The maximum Gasteiger partial charge on any atom is 0.268 e. The van der Waals surface area contributed by atoms with Crippen LogP contribution in [0.3, 0.4) is 0 Å². The first kappa shape index (κ1) is 13.9.